The van der Waals surface area contributed by atoms with Crippen LogP contribution in [0.15, 0.2) is 22.7 Å². The summed E-state index contributed by atoms with van der Waals surface area (Å²) >= 11 is 3.44. The summed E-state index contributed by atoms with van der Waals surface area (Å²) in [5.74, 6) is 1.67. The van der Waals surface area contributed by atoms with Crippen LogP contribution in [0.3, 0.4) is 0 Å². The van der Waals surface area contributed by atoms with E-state index in [0.717, 1.165) is 28.3 Å². The summed E-state index contributed by atoms with van der Waals surface area (Å²) in [6.07, 6.45) is 3.29. The predicted octanol–water partition coefficient (Wildman–Crippen LogP) is 2.77. The SMILES string of the molecule is OCCc1cc(Br)cc(OCC2CC2)c1. The molecule has 15 heavy (non-hydrogen) atoms. The molecule has 1 aliphatic rings. The molecule has 0 aliphatic heterocycles. The van der Waals surface area contributed by atoms with Crippen LogP contribution in [0, 0.1) is 5.92 Å². The summed E-state index contributed by atoms with van der Waals surface area (Å²) in [6, 6.07) is 5.99. The highest BCUT2D eigenvalue weighted by Crippen LogP contribution is 2.30. The normalized spacial score (nSPS) is 15.3. The molecule has 0 atom stereocenters. The van der Waals surface area contributed by atoms with Crippen molar-refractivity contribution in [2.24, 2.45) is 5.92 Å². The van der Waals surface area contributed by atoms with Gasteiger partial charge < -0.3 is 9.84 Å². The molecule has 0 amide bonds. The van der Waals surface area contributed by atoms with E-state index in [4.69, 9.17) is 9.84 Å². The topological polar surface area (TPSA) is 29.5 Å². The van der Waals surface area contributed by atoms with Crippen LogP contribution in [0.2, 0.25) is 0 Å². The van der Waals surface area contributed by atoms with E-state index in [1.54, 1.807) is 0 Å². The molecule has 0 heterocycles. The van der Waals surface area contributed by atoms with Crippen molar-refractivity contribution >= 4 is 15.9 Å². The molecule has 3 heteroatoms. The van der Waals surface area contributed by atoms with Gasteiger partial charge in [0, 0.05) is 11.1 Å². The molecular weight excluding hydrogens is 256 g/mol. The third kappa shape index (κ3) is 3.50. The van der Waals surface area contributed by atoms with Crippen molar-refractivity contribution in [3.05, 3.63) is 28.2 Å². The maximum Gasteiger partial charge on any atom is 0.120 e. The van der Waals surface area contributed by atoms with Crippen LogP contribution in [0.25, 0.3) is 0 Å². The van der Waals surface area contributed by atoms with Gasteiger partial charge in [-0.1, -0.05) is 15.9 Å². The van der Waals surface area contributed by atoms with Crippen molar-refractivity contribution in [1.29, 1.82) is 0 Å². The lowest BCUT2D eigenvalue weighted by molar-refractivity contribution is 0.294. The Bertz CT molecular complexity index is 334. The summed E-state index contributed by atoms with van der Waals surface area (Å²) in [4.78, 5) is 0. The quantitative estimate of drug-likeness (QED) is 0.892. The van der Waals surface area contributed by atoms with Crippen LogP contribution in [-0.2, 0) is 6.42 Å². The van der Waals surface area contributed by atoms with E-state index in [1.165, 1.54) is 12.8 Å². The van der Waals surface area contributed by atoms with Gasteiger partial charge in [-0.15, -0.1) is 0 Å². The van der Waals surface area contributed by atoms with E-state index in [1.807, 2.05) is 18.2 Å². The highest BCUT2D eigenvalue weighted by Gasteiger charge is 2.21. The zero-order valence-electron chi connectivity index (χ0n) is 8.58. The first kappa shape index (κ1) is 11.0. The summed E-state index contributed by atoms with van der Waals surface area (Å²) in [5.41, 5.74) is 1.11. The van der Waals surface area contributed by atoms with Gasteiger partial charge in [0.25, 0.3) is 0 Å². The molecule has 1 fully saturated rings. The Hall–Kier alpha value is -0.540. The average molecular weight is 271 g/mol. The maximum atomic E-state index is 8.87. The van der Waals surface area contributed by atoms with E-state index >= 15 is 0 Å². The van der Waals surface area contributed by atoms with Crippen molar-refractivity contribution in [1.82, 2.24) is 0 Å². The van der Waals surface area contributed by atoms with Crippen LogP contribution in [0.4, 0.5) is 0 Å². The highest BCUT2D eigenvalue weighted by molar-refractivity contribution is 9.10. The summed E-state index contributed by atoms with van der Waals surface area (Å²) < 4.78 is 6.70. The molecule has 1 aromatic rings. The number of aliphatic hydroxyl groups is 1. The van der Waals surface area contributed by atoms with Crippen molar-refractivity contribution in [2.75, 3.05) is 13.2 Å². The molecule has 1 aliphatic carbocycles. The van der Waals surface area contributed by atoms with Gasteiger partial charge in [-0.2, -0.15) is 0 Å². The van der Waals surface area contributed by atoms with Crippen LogP contribution >= 0.6 is 15.9 Å². The monoisotopic (exact) mass is 270 g/mol. The molecule has 82 valence electrons. The van der Waals surface area contributed by atoms with Gasteiger partial charge in [0.1, 0.15) is 5.75 Å². The minimum atomic E-state index is 0.179. The van der Waals surface area contributed by atoms with Crippen LogP contribution in [0.5, 0.6) is 5.75 Å². The highest BCUT2D eigenvalue weighted by atomic mass is 79.9. The van der Waals surface area contributed by atoms with Crippen molar-refractivity contribution in [2.45, 2.75) is 19.3 Å². The molecule has 0 spiro atoms. The van der Waals surface area contributed by atoms with Crippen molar-refractivity contribution in [3.63, 3.8) is 0 Å². The third-order valence-corrected chi connectivity index (χ3v) is 2.97. The Morgan fingerprint density at radius 2 is 2.13 bits per heavy atom. The number of halogens is 1. The number of benzene rings is 1. The first-order valence-corrected chi connectivity index (χ1v) is 6.10. The Morgan fingerprint density at radius 3 is 2.80 bits per heavy atom. The molecule has 0 unspecified atom stereocenters. The molecular formula is C12H15BrO2. The number of rotatable bonds is 5. The van der Waals surface area contributed by atoms with Gasteiger partial charge in [-0.25, -0.2) is 0 Å². The number of aliphatic hydroxyl groups excluding tert-OH is 1. The van der Waals surface area contributed by atoms with Gasteiger partial charge in [0.2, 0.25) is 0 Å². The number of hydrogen-bond donors (Lipinski definition) is 1. The van der Waals surface area contributed by atoms with E-state index in [-0.39, 0.29) is 6.61 Å². The van der Waals surface area contributed by atoms with Gasteiger partial charge in [-0.05, 0) is 48.9 Å². The van der Waals surface area contributed by atoms with E-state index < -0.39 is 0 Å². The molecule has 1 saturated carbocycles. The fraction of sp³-hybridized carbons (Fsp3) is 0.500. The first-order chi connectivity index (χ1) is 7.28. The van der Waals surface area contributed by atoms with Crippen LogP contribution < -0.4 is 4.74 Å². The zero-order chi connectivity index (χ0) is 10.7. The lowest BCUT2D eigenvalue weighted by atomic mass is 10.1. The lowest BCUT2D eigenvalue weighted by Gasteiger charge is -2.08. The van der Waals surface area contributed by atoms with Crippen molar-refractivity contribution < 1.29 is 9.84 Å². The average Bonchev–Trinajstić information content (AvgIpc) is 2.98. The summed E-state index contributed by atoms with van der Waals surface area (Å²) in [7, 11) is 0. The van der Waals surface area contributed by atoms with Gasteiger partial charge >= 0.3 is 0 Å². The standard InChI is InChI=1S/C12H15BrO2/c13-11-5-10(3-4-14)6-12(7-11)15-8-9-1-2-9/h5-7,9,14H,1-4,8H2. The molecule has 2 rings (SSSR count). The lowest BCUT2D eigenvalue weighted by Crippen LogP contribution is -2.00. The maximum absolute atomic E-state index is 8.87. The zero-order valence-corrected chi connectivity index (χ0v) is 10.2. The number of ether oxygens (including phenoxy) is 1. The fourth-order valence-electron chi connectivity index (χ4n) is 1.48. The predicted molar refractivity (Wildman–Crippen MR) is 63.2 cm³/mol. The molecule has 0 saturated heterocycles. The Balaban J connectivity index is 2.00. The van der Waals surface area contributed by atoms with Gasteiger partial charge in [0.05, 0.1) is 6.61 Å². The minimum absolute atomic E-state index is 0.179. The minimum Gasteiger partial charge on any atom is -0.493 e. The van der Waals surface area contributed by atoms with Gasteiger partial charge in [0.15, 0.2) is 0 Å². The van der Waals surface area contributed by atoms with E-state index in [9.17, 15) is 0 Å². The molecule has 0 aromatic heterocycles. The molecule has 1 N–H and O–H groups in total. The molecule has 0 bridgehead atoms. The summed E-state index contributed by atoms with van der Waals surface area (Å²) in [6.45, 7) is 1.01. The second-order valence-corrected chi connectivity index (χ2v) is 4.94. The Kier molecular flexibility index (Phi) is 3.65. The van der Waals surface area contributed by atoms with Crippen LogP contribution in [0.1, 0.15) is 18.4 Å². The smallest absolute Gasteiger partial charge is 0.120 e. The first-order valence-electron chi connectivity index (χ1n) is 5.31. The van der Waals surface area contributed by atoms with E-state index in [2.05, 4.69) is 15.9 Å². The fourth-order valence-corrected chi connectivity index (χ4v) is 2.00. The summed E-state index contributed by atoms with van der Waals surface area (Å²) in [5, 5.41) is 8.87. The Labute approximate surface area is 98.4 Å². The van der Waals surface area contributed by atoms with Gasteiger partial charge in [-0.3, -0.25) is 0 Å². The second kappa shape index (κ2) is 4.99. The Morgan fingerprint density at radius 1 is 1.33 bits per heavy atom. The van der Waals surface area contributed by atoms with Crippen molar-refractivity contribution in [3.8, 4) is 5.75 Å². The molecule has 2 nitrogen and oxygen atoms in total. The second-order valence-electron chi connectivity index (χ2n) is 4.02. The van der Waals surface area contributed by atoms with E-state index in [0.29, 0.717) is 6.42 Å². The van der Waals surface area contributed by atoms with Crippen LogP contribution in [-0.4, -0.2) is 18.3 Å². The molecule has 1 aromatic carbocycles. The molecule has 0 radical (unpaired) electrons. The largest absolute Gasteiger partial charge is 0.493 e. The third-order valence-electron chi connectivity index (χ3n) is 2.51. The number of hydrogen-bond acceptors (Lipinski definition) is 2.